The van der Waals surface area contributed by atoms with Crippen molar-refractivity contribution in [1.82, 2.24) is 14.9 Å². The Balaban J connectivity index is 1.24. The SMILES string of the molecule is C=CC(=O)Nc1cc(Nc2cc(N3OCC[C@@H]3c3cccc(C)c3F)ncn2)c(OC)cc1N1CCC(N2CCOCC2)CC1. The van der Waals surface area contributed by atoms with Crippen molar-refractivity contribution < 1.29 is 23.5 Å². The highest BCUT2D eigenvalue weighted by Crippen LogP contribution is 2.41. The van der Waals surface area contributed by atoms with Crippen LogP contribution < -0.4 is 25.3 Å². The Bertz CT molecular complexity index is 1520. The number of benzene rings is 2. The fraction of sp³-hybridized carbons (Fsp3) is 0.424. The number of aromatic nitrogens is 2. The summed E-state index contributed by atoms with van der Waals surface area (Å²) in [4.78, 5) is 32.1. The van der Waals surface area contributed by atoms with Gasteiger partial charge < -0.3 is 25.0 Å². The predicted octanol–water partition coefficient (Wildman–Crippen LogP) is 4.98. The Morgan fingerprint density at radius 2 is 1.87 bits per heavy atom. The number of carbonyl (C=O) groups is 1. The van der Waals surface area contributed by atoms with Crippen molar-refractivity contribution in [3.05, 3.63) is 72.3 Å². The lowest BCUT2D eigenvalue weighted by atomic mass is 10.0. The third-order valence-corrected chi connectivity index (χ3v) is 8.75. The first-order valence-corrected chi connectivity index (χ1v) is 15.4. The number of hydrogen-bond donors (Lipinski definition) is 2. The first-order valence-electron chi connectivity index (χ1n) is 15.4. The first-order chi connectivity index (χ1) is 21.9. The molecule has 0 saturated carbocycles. The Hall–Kier alpha value is -4.26. The summed E-state index contributed by atoms with van der Waals surface area (Å²) in [6.45, 7) is 11.0. The summed E-state index contributed by atoms with van der Waals surface area (Å²) in [7, 11) is 1.61. The van der Waals surface area contributed by atoms with E-state index >= 15 is 4.39 Å². The molecule has 238 valence electrons. The second-order valence-corrected chi connectivity index (χ2v) is 11.5. The van der Waals surface area contributed by atoms with E-state index in [1.54, 1.807) is 37.3 Å². The maximum atomic E-state index is 15.0. The molecule has 3 saturated heterocycles. The summed E-state index contributed by atoms with van der Waals surface area (Å²) < 4.78 is 26.4. The molecular weight excluding hydrogens is 577 g/mol. The summed E-state index contributed by atoms with van der Waals surface area (Å²) in [6.07, 6.45) is 5.35. The lowest BCUT2D eigenvalue weighted by molar-refractivity contribution is -0.111. The minimum absolute atomic E-state index is 0.241. The lowest BCUT2D eigenvalue weighted by Crippen LogP contribution is -2.49. The smallest absolute Gasteiger partial charge is 0.247 e. The molecule has 0 unspecified atom stereocenters. The van der Waals surface area contributed by atoms with Crippen LogP contribution in [-0.4, -0.2) is 79.9 Å². The van der Waals surface area contributed by atoms with Gasteiger partial charge in [0.1, 0.15) is 23.7 Å². The average molecular weight is 618 g/mol. The van der Waals surface area contributed by atoms with Gasteiger partial charge in [0.2, 0.25) is 5.91 Å². The van der Waals surface area contributed by atoms with E-state index in [1.807, 2.05) is 18.2 Å². The minimum atomic E-state index is -0.324. The second-order valence-electron chi connectivity index (χ2n) is 11.5. The van der Waals surface area contributed by atoms with Crippen molar-refractivity contribution in [3.8, 4) is 5.75 Å². The number of nitrogens with zero attached hydrogens (tertiary/aromatic N) is 5. The largest absolute Gasteiger partial charge is 0.494 e. The third kappa shape index (κ3) is 6.73. The van der Waals surface area contributed by atoms with Crippen LogP contribution in [0.2, 0.25) is 0 Å². The van der Waals surface area contributed by atoms with Gasteiger partial charge in [0.05, 0.1) is 50.0 Å². The van der Waals surface area contributed by atoms with E-state index < -0.39 is 0 Å². The van der Waals surface area contributed by atoms with E-state index in [0.717, 1.165) is 57.9 Å². The predicted molar refractivity (Wildman–Crippen MR) is 172 cm³/mol. The van der Waals surface area contributed by atoms with E-state index in [4.69, 9.17) is 14.3 Å². The minimum Gasteiger partial charge on any atom is -0.494 e. The highest BCUT2D eigenvalue weighted by molar-refractivity contribution is 6.02. The van der Waals surface area contributed by atoms with Crippen molar-refractivity contribution >= 4 is 34.6 Å². The molecule has 0 bridgehead atoms. The van der Waals surface area contributed by atoms with Crippen LogP contribution in [0, 0.1) is 12.7 Å². The van der Waals surface area contributed by atoms with Crippen LogP contribution in [0.5, 0.6) is 5.75 Å². The van der Waals surface area contributed by atoms with Crippen molar-refractivity contribution in [1.29, 1.82) is 0 Å². The fourth-order valence-electron chi connectivity index (χ4n) is 6.37. The van der Waals surface area contributed by atoms with Gasteiger partial charge in [-0.25, -0.2) is 19.4 Å². The Kier molecular flexibility index (Phi) is 9.43. The molecule has 3 aliphatic rings. The molecule has 4 heterocycles. The molecule has 3 aromatic rings. The van der Waals surface area contributed by atoms with E-state index in [0.29, 0.717) is 59.0 Å². The van der Waals surface area contributed by atoms with Gasteiger partial charge >= 0.3 is 0 Å². The van der Waals surface area contributed by atoms with Gasteiger partial charge in [0.25, 0.3) is 0 Å². The number of halogens is 1. The van der Waals surface area contributed by atoms with Crippen molar-refractivity contribution in [2.45, 2.75) is 38.3 Å². The summed E-state index contributed by atoms with van der Waals surface area (Å²) in [5.41, 5.74) is 3.28. The molecule has 2 N–H and O–H groups in total. The molecule has 0 aliphatic carbocycles. The Morgan fingerprint density at radius 1 is 1.07 bits per heavy atom. The molecule has 0 radical (unpaired) electrons. The summed E-state index contributed by atoms with van der Waals surface area (Å²) in [5.74, 6) is 1.02. The summed E-state index contributed by atoms with van der Waals surface area (Å²) in [6, 6.07) is 11.1. The van der Waals surface area contributed by atoms with Crippen LogP contribution in [0.15, 0.2) is 55.4 Å². The van der Waals surface area contributed by atoms with Gasteiger partial charge in [-0.05, 0) is 37.5 Å². The van der Waals surface area contributed by atoms with Crippen LogP contribution in [0.25, 0.3) is 0 Å². The summed E-state index contributed by atoms with van der Waals surface area (Å²) in [5, 5.41) is 7.95. The van der Waals surface area contributed by atoms with Crippen molar-refractivity contribution in [3.63, 3.8) is 0 Å². The number of carbonyl (C=O) groups excluding carboxylic acids is 1. The molecule has 2 aromatic carbocycles. The number of hydroxylamine groups is 1. The number of piperidine rings is 1. The molecule has 45 heavy (non-hydrogen) atoms. The normalized spacial score (nSPS) is 19.4. The molecule has 1 atom stereocenters. The summed E-state index contributed by atoms with van der Waals surface area (Å²) >= 11 is 0. The van der Waals surface area contributed by atoms with Crippen LogP contribution >= 0.6 is 0 Å². The lowest BCUT2D eigenvalue weighted by Gasteiger charge is -2.41. The average Bonchev–Trinajstić information content (AvgIpc) is 3.57. The number of rotatable bonds is 9. The maximum Gasteiger partial charge on any atom is 0.247 e. The molecule has 3 fully saturated rings. The molecule has 1 amide bonds. The molecule has 12 heteroatoms. The number of amides is 1. The van der Waals surface area contributed by atoms with E-state index in [1.165, 1.54) is 12.4 Å². The van der Waals surface area contributed by atoms with Crippen molar-refractivity contribution in [2.75, 3.05) is 73.7 Å². The second kappa shape index (κ2) is 13.8. The monoisotopic (exact) mass is 617 g/mol. The zero-order valence-electron chi connectivity index (χ0n) is 25.8. The molecule has 1 aromatic heterocycles. The standard InChI is InChI=1S/C33H40FN7O4/c1-4-32(42)38-25-18-26(29(43-3)19-28(25)40-11-8-23(9-12-40)39-13-16-44-17-14-39)37-30-20-31(36-21-35-30)41-27(10-15-45-41)24-7-5-6-22(2)33(24)34/h4-7,18-21,23,27H,1,8-17H2,2-3H3,(H,38,42)(H,35,36,37)/t27-/m1/s1. The molecule has 6 rings (SSSR count). The van der Waals surface area contributed by atoms with Crippen LogP contribution in [0.1, 0.15) is 36.4 Å². The Morgan fingerprint density at radius 3 is 2.62 bits per heavy atom. The number of morpholine rings is 1. The highest BCUT2D eigenvalue weighted by Gasteiger charge is 2.32. The number of ether oxygens (including phenoxy) is 2. The number of aryl methyl sites for hydroxylation is 1. The Labute approximate surface area is 262 Å². The quantitative estimate of drug-likeness (QED) is 0.320. The first kappa shape index (κ1) is 30.8. The highest BCUT2D eigenvalue weighted by atomic mass is 19.1. The fourth-order valence-corrected chi connectivity index (χ4v) is 6.37. The van der Waals surface area contributed by atoms with Crippen LogP contribution in [0.4, 0.5) is 33.1 Å². The topological polar surface area (TPSA) is 104 Å². The molecule has 11 nitrogen and oxygen atoms in total. The molecular formula is C33H40FN7O4. The van der Waals surface area contributed by atoms with Crippen LogP contribution in [-0.2, 0) is 14.4 Å². The van der Waals surface area contributed by atoms with Gasteiger partial charge in [-0.2, -0.15) is 0 Å². The number of anilines is 5. The molecule has 0 spiro atoms. The van der Waals surface area contributed by atoms with Gasteiger partial charge in [-0.15, -0.1) is 0 Å². The zero-order chi connectivity index (χ0) is 31.3. The number of methoxy groups -OCH3 is 1. The molecule has 3 aliphatic heterocycles. The number of hydrogen-bond acceptors (Lipinski definition) is 10. The van der Waals surface area contributed by atoms with Gasteiger partial charge in [-0.1, -0.05) is 24.8 Å². The zero-order valence-corrected chi connectivity index (χ0v) is 25.8. The number of nitrogens with one attached hydrogen (secondary N) is 2. The third-order valence-electron chi connectivity index (χ3n) is 8.75. The maximum absolute atomic E-state index is 15.0. The van der Waals surface area contributed by atoms with Crippen molar-refractivity contribution in [2.24, 2.45) is 0 Å². The van der Waals surface area contributed by atoms with E-state index in [2.05, 4.69) is 37.0 Å². The van der Waals surface area contributed by atoms with E-state index in [9.17, 15) is 4.79 Å². The van der Waals surface area contributed by atoms with E-state index in [-0.39, 0.29) is 17.8 Å². The van der Waals surface area contributed by atoms with Gasteiger partial charge in [0.15, 0.2) is 5.82 Å². The van der Waals surface area contributed by atoms with Gasteiger partial charge in [0, 0.05) is 56.3 Å². The van der Waals surface area contributed by atoms with Crippen LogP contribution in [0.3, 0.4) is 0 Å². The van der Waals surface area contributed by atoms with Gasteiger partial charge in [-0.3, -0.25) is 14.5 Å².